The summed E-state index contributed by atoms with van der Waals surface area (Å²) in [4.78, 5) is 0. The van der Waals surface area contributed by atoms with Gasteiger partial charge in [0, 0.05) is 29.5 Å². The summed E-state index contributed by atoms with van der Waals surface area (Å²) in [6.45, 7) is 4.67. The minimum absolute atomic E-state index is 0.549. The Bertz CT molecular complexity index is 405. The fraction of sp³-hybridized carbons (Fsp3) is 0.600. The number of ether oxygens (including phenoxy) is 1. The van der Waals surface area contributed by atoms with Gasteiger partial charge in [0.1, 0.15) is 5.75 Å². The molecule has 1 fully saturated rings. The van der Waals surface area contributed by atoms with Gasteiger partial charge in [-0.25, -0.2) is 0 Å². The molecule has 3 atom stereocenters. The quantitative estimate of drug-likeness (QED) is 0.805. The molecule has 1 aliphatic carbocycles. The molecule has 18 heavy (non-hydrogen) atoms. The number of hydrogen-bond acceptors (Lipinski definition) is 3. The molecule has 0 aromatic heterocycles. The molecule has 100 valence electrons. The molecule has 0 amide bonds. The SMILES string of the molecule is COc1cc(N)cc(NC2CCC(C)CC2C)c1. The van der Waals surface area contributed by atoms with Gasteiger partial charge in [-0.05, 0) is 37.2 Å². The van der Waals surface area contributed by atoms with Crippen LogP contribution in [0.15, 0.2) is 18.2 Å². The number of methoxy groups -OCH3 is 1. The third kappa shape index (κ3) is 3.09. The van der Waals surface area contributed by atoms with Crippen LogP contribution in [-0.2, 0) is 0 Å². The number of anilines is 2. The van der Waals surface area contributed by atoms with E-state index in [1.54, 1.807) is 7.11 Å². The Labute approximate surface area is 110 Å². The van der Waals surface area contributed by atoms with Crippen LogP contribution in [0.3, 0.4) is 0 Å². The Morgan fingerprint density at radius 3 is 2.67 bits per heavy atom. The Kier molecular flexibility index (Phi) is 4.00. The fourth-order valence-electron chi connectivity index (χ4n) is 2.92. The Hall–Kier alpha value is -1.38. The number of hydrogen-bond donors (Lipinski definition) is 2. The van der Waals surface area contributed by atoms with Crippen molar-refractivity contribution in [1.82, 2.24) is 0 Å². The average Bonchev–Trinajstić information content (AvgIpc) is 2.32. The highest BCUT2D eigenvalue weighted by Gasteiger charge is 2.25. The first kappa shape index (κ1) is 13.1. The number of nitrogens with two attached hydrogens (primary N) is 1. The zero-order valence-corrected chi connectivity index (χ0v) is 11.6. The summed E-state index contributed by atoms with van der Waals surface area (Å²) in [5.74, 6) is 2.38. The van der Waals surface area contributed by atoms with Crippen molar-refractivity contribution in [2.24, 2.45) is 11.8 Å². The predicted octanol–water partition coefficient (Wildman–Crippen LogP) is 3.51. The van der Waals surface area contributed by atoms with Crippen molar-refractivity contribution < 1.29 is 4.74 Å². The van der Waals surface area contributed by atoms with Gasteiger partial charge in [-0.15, -0.1) is 0 Å². The summed E-state index contributed by atoms with van der Waals surface area (Å²) >= 11 is 0. The lowest BCUT2D eigenvalue weighted by Crippen LogP contribution is -2.33. The van der Waals surface area contributed by atoms with Crippen LogP contribution in [0.1, 0.15) is 33.1 Å². The third-order valence-corrected chi connectivity index (χ3v) is 3.95. The van der Waals surface area contributed by atoms with Crippen molar-refractivity contribution in [2.75, 3.05) is 18.2 Å². The highest BCUT2D eigenvalue weighted by molar-refractivity contribution is 5.59. The summed E-state index contributed by atoms with van der Waals surface area (Å²) in [6, 6.07) is 6.39. The Morgan fingerprint density at radius 1 is 1.22 bits per heavy atom. The minimum Gasteiger partial charge on any atom is -0.497 e. The molecule has 0 heterocycles. The number of nitrogens with one attached hydrogen (secondary N) is 1. The first-order valence-corrected chi connectivity index (χ1v) is 6.79. The molecule has 0 spiro atoms. The standard InChI is InChI=1S/C15H24N2O/c1-10-4-5-15(11(2)6-10)17-13-7-12(16)8-14(9-13)18-3/h7-11,15,17H,4-6,16H2,1-3H3. The molecule has 1 aromatic rings. The van der Waals surface area contributed by atoms with E-state index in [4.69, 9.17) is 10.5 Å². The van der Waals surface area contributed by atoms with Crippen LogP contribution in [0.2, 0.25) is 0 Å². The van der Waals surface area contributed by atoms with Gasteiger partial charge in [-0.3, -0.25) is 0 Å². The van der Waals surface area contributed by atoms with Crippen LogP contribution >= 0.6 is 0 Å². The fourth-order valence-corrected chi connectivity index (χ4v) is 2.92. The smallest absolute Gasteiger partial charge is 0.122 e. The molecular weight excluding hydrogens is 224 g/mol. The van der Waals surface area contributed by atoms with Crippen LogP contribution < -0.4 is 15.8 Å². The number of benzene rings is 1. The third-order valence-electron chi connectivity index (χ3n) is 3.95. The number of nitrogen functional groups attached to an aromatic ring is 1. The van der Waals surface area contributed by atoms with E-state index in [-0.39, 0.29) is 0 Å². The van der Waals surface area contributed by atoms with Crippen molar-refractivity contribution in [1.29, 1.82) is 0 Å². The molecule has 0 radical (unpaired) electrons. The highest BCUT2D eigenvalue weighted by atomic mass is 16.5. The van der Waals surface area contributed by atoms with Gasteiger partial charge < -0.3 is 15.8 Å². The Balaban J connectivity index is 2.06. The maximum absolute atomic E-state index is 5.88. The summed E-state index contributed by atoms with van der Waals surface area (Å²) in [5.41, 5.74) is 7.69. The molecule has 3 heteroatoms. The lowest BCUT2D eigenvalue weighted by molar-refractivity contribution is 0.276. The van der Waals surface area contributed by atoms with Gasteiger partial charge in [0.15, 0.2) is 0 Å². The molecule has 2 rings (SSSR count). The van der Waals surface area contributed by atoms with E-state index >= 15 is 0 Å². The summed E-state index contributed by atoms with van der Waals surface area (Å²) in [6.07, 6.45) is 3.85. The monoisotopic (exact) mass is 248 g/mol. The van der Waals surface area contributed by atoms with Crippen molar-refractivity contribution in [3.8, 4) is 5.75 Å². The van der Waals surface area contributed by atoms with E-state index in [2.05, 4.69) is 19.2 Å². The van der Waals surface area contributed by atoms with Crippen LogP contribution in [0, 0.1) is 11.8 Å². The highest BCUT2D eigenvalue weighted by Crippen LogP contribution is 2.32. The summed E-state index contributed by atoms with van der Waals surface area (Å²) < 4.78 is 5.25. The topological polar surface area (TPSA) is 47.3 Å². The second-order valence-corrected chi connectivity index (χ2v) is 5.64. The molecule has 3 unspecified atom stereocenters. The Morgan fingerprint density at radius 2 is 2.00 bits per heavy atom. The molecule has 3 N–H and O–H groups in total. The van der Waals surface area contributed by atoms with Gasteiger partial charge in [-0.2, -0.15) is 0 Å². The molecule has 0 saturated heterocycles. The van der Waals surface area contributed by atoms with E-state index in [0.717, 1.165) is 23.0 Å². The molecule has 0 bridgehead atoms. The van der Waals surface area contributed by atoms with Gasteiger partial charge >= 0.3 is 0 Å². The van der Waals surface area contributed by atoms with Crippen LogP contribution in [0.5, 0.6) is 5.75 Å². The molecule has 1 aromatic carbocycles. The normalized spacial score (nSPS) is 27.8. The van der Waals surface area contributed by atoms with Crippen molar-refractivity contribution in [2.45, 2.75) is 39.2 Å². The van der Waals surface area contributed by atoms with Crippen LogP contribution in [0.25, 0.3) is 0 Å². The van der Waals surface area contributed by atoms with Crippen LogP contribution in [-0.4, -0.2) is 13.2 Å². The van der Waals surface area contributed by atoms with Gasteiger partial charge in [-0.1, -0.05) is 13.8 Å². The first-order chi connectivity index (χ1) is 8.58. The number of rotatable bonds is 3. The predicted molar refractivity (Wildman–Crippen MR) is 77.0 cm³/mol. The summed E-state index contributed by atoms with van der Waals surface area (Å²) in [5, 5.41) is 3.61. The van der Waals surface area contributed by atoms with Gasteiger partial charge in [0.2, 0.25) is 0 Å². The zero-order chi connectivity index (χ0) is 13.1. The van der Waals surface area contributed by atoms with Gasteiger partial charge in [0.05, 0.1) is 7.11 Å². The minimum atomic E-state index is 0.549. The second kappa shape index (κ2) is 5.51. The van der Waals surface area contributed by atoms with E-state index in [0.29, 0.717) is 12.0 Å². The maximum atomic E-state index is 5.88. The van der Waals surface area contributed by atoms with E-state index in [1.165, 1.54) is 19.3 Å². The lowest BCUT2D eigenvalue weighted by Gasteiger charge is -2.34. The maximum Gasteiger partial charge on any atom is 0.122 e. The second-order valence-electron chi connectivity index (χ2n) is 5.64. The molecule has 0 aliphatic heterocycles. The molecule has 1 aliphatic rings. The average molecular weight is 248 g/mol. The summed E-state index contributed by atoms with van der Waals surface area (Å²) in [7, 11) is 1.67. The lowest BCUT2D eigenvalue weighted by atomic mass is 9.80. The zero-order valence-electron chi connectivity index (χ0n) is 11.6. The van der Waals surface area contributed by atoms with Gasteiger partial charge in [0.25, 0.3) is 0 Å². The van der Waals surface area contributed by atoms with Crippen LogP contribution in [0.4, 0.5) is 11.4 Å². The molecule has 1 saturated carbocycles. The van der Waals surface area contributed by atoms with E-state index in [9.17, 15) is 0 Å². The van der Waals surface area contributed by atoms with Crippen molar-refractivity contribution in [3.63, 3.8) is 0 Å². The molecule has 3 nitrogen and oxygen atoms in total. The molecular formula is C15H24N2O. The largest absolute Gasteiger partial charge is 0.497 e. The van der Waals surface area contributed by atoms with Crippen molar-refractivity contribution >= 4 is 11.4 Å². The first-order valence-electron chi connectivity index (χ1n) is 6.79. The van der Waals surface area contributed by atoms with Crippen molar-refractivity contribution in [3.05, 3.63) is 18.2 Å². The van der Waals surface area contributed by atoms with E-state index < -0.39 is 0 Å². The van der Waals surface area contributed by atoms with E-state index in [1.807, 2.05) is 18.2 Å².